The molecule has 0 amide bonds. The van der Waals surface area contributed by atoms with Gasteiger partial charge < -0.3 is 9.64 Å². The first-order valence-electron chi connectivity index (χ1n) is 7.68. The van der Waals surface area contributed by atoms with Gasteiger partial charge in [0.1, 0.15) is 5.75 Å². The number of rotatable bonds is 6. The standard InChI is InChI=1S/C17H27NO/c1-4-10-18(11-5-2)16-8-6-15-13-17(19-3)9-7-14(15)12-16/h7,9,13,16H,4-6,8,10-12H2,1-3H3/t16-/m1/s1. The van der Waals surface area contributed by atoms with Gasteiger partial charge in [0.25, 0.3) is 0 Å². The van der Waals surface area contributed by atoms with Crippen LogP contribution in [0.5, 0.6) is 5.75 Å². The summed E-state index contributed by atoms with van der Waals surface area (Å²) < 4.78 is 5.32. The number of hydrogen-bond donors (Lipinski definition) is 0. The number of hydrogen-bond acceptors (Lipinski definition) is 2. The molecule has 2 heteroatoms. The molecule has 1 aromatic carbocycles. The molecule has 1 aromatic rings. The Hall–Kier alpha value is -1.02. The van der Waals surface area contributed by atoms with Crippen molar-refractivity contribution in [3.8, 4) is 5.75 Å². The smallest absolute Gasteiger partial charge is 0.119 e. The lowest BCUT2D eigenvalue weighted by atomic mass is 9.87. The first-order valence-corrected chi connectivity index (χ1v) is 7.68. The molecule has 2 nitrogen and oxygen atoms in total. The lowest BCUT2D eigenvalue weighted by molar-refractivity contribution is 0.180. The Balaban J connectivity index is 2.08. The fraction of sp³-hybridized carbons (Fsp3) is 0.647. The van der Waals surface area contributed by atoms with Crippen LogP contribution in [-0.2, 0) is 12.8 Å². The normalized spacial score (nSPS) is 18.4. The van der Waals surface area contributed by atoms with Gasteiger partial charge in [0, 0.05) is 6.04 Å². The van der Waals surface area contributed by atoms with Crippen molar-refractivity contribution < 1.29 is 4.74 Å². The molecule has 0 N–H and O–H groups in total. The summed E-state index contributed by atoms with van der Waals surface area (Å²) in [6.45, 7) is 7.04. The topological polar surface area (TPSA) is 12.5 Å². The maximum atomic E-state index is 5.32. The van der Waals surface area contributed by atoms with Gasteiger partial charge >= 0.3 is 0 Å². The van der Waals surface area contributed by atoms with Crippen molar-refractivity contribution in [2.45, 2.75) is 52.0 Å². The lowest BCUT2D eigenvalue weighted by Gasteiger charge is -2.35. The summed E-state index contributed by atoms with van der Waals surface area (Å²) in [5, 5.41) is 0. The third-order valence-corrected chi connectivity index (χ3v) is 4.15. The van der Waals surface area contributed by atoms with Crippen LogP contribution in [0.1, 0.15) is 44.2 Å². The van der Waals surface area contributed by atoms with Crippen molar-refractivity contribution >= 4 is 0 Å². The zero-order valence-electron chi connectivity index (χ0n) is 12.6. The largest absolute Gasteiger partial charge is 0.497 e. The fourth-order valence-electron chi connectivity index (χ4n) is 3.20. The number of methoxy groups -OCH3 is 1. The Morgan fingerprint density at radius 3 is 2.53 bits per heavy atom. The molecule has 0 spiro atoms. The molecular weight excluding hydrogens is 234 g/mol. The predicted octanol–water partition coefficient (Wildman–Crippen LogP) is 3.67. The van der Waals surface area contributed by atoms with Crippen LogP contribution in [0.4, 0.5) is 0 Å². The van der Waals surface area contributed by atoms with Gasteiger partial charge in [0.05, 0.1) is 7.11 Å². The van der Waals surface area contributed by atoms with Gasteiger partial charge in [0.2, 0.25) is 0 Å². The van der Waals surface area contributed by atoms with Crippen LogP contribution in [0, 0.1) is 0 Å². The zero-order chi connectivity index (χ0) is 13.7. The Labute approximate surface area is 117 Å². The highest BCUT2D eigenvalue weighted by Gasteiger charge is 2.23. The molecule has 0 unspecified atom stereocenters. The highest BCUT2D eigenvalue weighted by Crippen LogP contribution is 2.28. The minimum atomic E-state index is 0.737. The maximum absolute atomic E-state index is 5.32. The van der Waals surface area contributed by atoms with E-state index in [0.29, 0.717) is 0 Å². The number of aryl methyl sites for hydroxylation is 1. The van der Waals surface area contributed by atoms with Crippen molar-refractivity contribution in [1.82, 2.24) is 4.90 Å². The van der Waals surface area contributed by atoms with E-state index in [4.69, 9.17) is 4.74 Å². The van der Waals surface area contributed by atoms with E-state index in [1.807, 2.05) is 0 Å². The second kappa shape index (κ2) is 6.95. The summed E-state index contributed by atoms with van der Waals surface area (Å²) in [7, 11) is 1.75. The summed E-state index contributed by atoms with van der Waals surface area (Å²) in [4.78, 5) is 2.69. The average Bonchev–Trinajstić information content (AvgIpc) is 2.46. The van der Waals surface area contributed by atoms with Crippen molar-refractivity contribution in [1.29, 1.82) is 0 Å². The summed E-state index contributed by atoms with van der Waals surface area (Å²) in [6, 6.07) is 7.32. The third kappa shape index (κ3) is 3.50. The third-order valence-electron chi connectivity index (χ3n) is 4.15. The summed E-state index contributed by atoms with van der Waals surface area (Å²) in [5.41, 5.74) is 3.01. The molecule has 1 aliphatic rings. The molecule has 19 heavy (non-hydrogen) atoms. The Morgan fingerprint density at radius 2 is 1.89 bits per heavy atom. The van der Waals surface area contributed by atoms with E-state index in [9.17, 15) is 0 Å². The monoisotopic (exact) mass is 261 g/mol. The van der Waals surface area contributed by atoms with Crippen LogP contribution >= 0.6 is 0 Å². The number of ether oxygens (including phenoxy) is 1. The first kappa shape index (κ1) is 14.4. The number of benzene rings is 1. The Kier molecular flexibility index (Phi) is 5.26. The van der Waals surface area contributed by atoms with Crippen molar-refractivity contribution in [2.24, 2.45) is 0 Å². The SMILES string of the molecule is CCCN(CCC)[C@@H]1CCc2cc(OC)ccc2C1. The molecule has 0 radical (unpaired) electrons. The second-order valence-corrected chi connectivity index (χ2v) is 5.57. The van der Waals surface area contributed by atoms with Crippen LogP contribution in [0.25, 0.3) is 0 Å². The van der Waals surface area contributed by atoms with Gasteiger partial charge in [-0.3, -0.25) is 0 Å². The summed E-state index contributed by atoms with van der Waals surface area (Å²) >= 11 is 0. The van der Waals surface area contributed by atoms with Crippen LogP contribution in [-0.4, -0.2) is 31.1 Å². The van der Waals surface area contributed by atoms with E-state index in [1.54, 1.807) is 7.11 Å². The molecule has 0 fully saturated rings. The molecule has 1 aliphatic carbocycles. The van der Waals surface area contributed by atoms with E-state index in [1.165, 1.54) is 56.3 Å². The summed E-state index contributed by atoms with van der Waals surface area (Å²) in [6.07, 6.45) is 6.21. The van der Waals surface area contributed by atoms with Gasteiger partial charge in [-0.05, 0) is 68.5 Å². The zero-order valence-corrected chi connectivity index (χ0v) is 12.6. The average molecular weight is 261 g/mol. The highest BCUT2D eigenvalue weighted by atomic mass is 16.5. The van der Waals surface area contributed by atoms with Crippen LogP contribution in [0.15, 0.2) is 18.2 Å². The van der Waals surface area contributed by atoms with Crippen LogP contribution in [0.3, 0.4) is 0 Å². The predicted molar refractivity (Wildman–Crippen MR) is 81.0 cm³/mol. The Morgan fingerprint density at radius 1 is 1.16 bits per heavy atom. The van der Waals surface area contributed by atoms with E-state index in [2.05, 4.69) is 36.9 Å². The van der Waals surface area contributed by atoms with E-state index < -0.39 is 0 Å². The minimum absolute atomic E-state index is 0.737. The quantitative estimate of drug-likeness (QED) is 0.774. The van der Waals surface area contributed by atoms with Crippen LogP contribution in [0.2, 0.25) is 0 Å². The van der Waals surface area contributed by atoms with Gasteiger partial charge in [-0.2, -0.15) is 0 Å². The van der Waals surface area contributed by atoms with Gasteiger partial charge in [-0.25, -0.2) is 0 Å². The highest BCUT2D eigenvalue weighted by molar-refractivity contribution is 5.37. The number of nitrogens with zero attached hydrogens (tertiary/aromatic N) is 1. The molecule has 0 aliphatic heterocycles. The van der Waals surface area contributed by atoms with Gasteiger partial charge in [0.15, 0.2) is 0 Å². The second-order valence-electron chi connectivity index (χ2n) is 5.57. The maximum Gasteiger partial charge on any atom is 0.119 e. The van der Waals surface area contributed by atoms with Crippen molar-refractivity contribution in [3.63, 3.8) is 0 Å². The minimum Gasteiger partial charge on any atom is -0.497 e. The van der Waals surface area contributed by atoms with E-state index in [-0.39, 0.29) is 0 Å². The first-order chi connectivity index (χ1) is 9.28. The van der Waals surface area contributed by atoms with E-state index >= 15 is 0 Å². The van der Waals surface area contributed by atoms with Crippen molar-refractivity contribution in [2.75, 3.05) is 20.2 Å². The molecular formula is C17H27NO. The molecule has 1 atom stereocenters. The van der Waals surface area contributed by atoms with Crippen LogP contribution < -0.4 is 4.74 Å². The Bertz CT molecular complexity index is 396. The molecule has 0 heterocycles. The molecule has 106 valence electrons. The van der Waals surface area contributed by atoms with Gasteiger partial charge in [-0.1, -0.05) is 19.9 Å². The van der Waals surface area contributed by atoms with E-state index in [0.717, 1.165) is 11.8 Å². The molecule has 0 bridgehead atoms. The molecule has 0 saturated carbocycles. The lowest BCUT2D eigenvalue weighted by Crippen LogP contribution is -2.40. The fourth-order valence-corrected chi connectivity index (χ4v) is 3.20. The molecule has 2 rings (SSSR count). The number of fused-ring (bicyclic) bond motifs is 1. The summed E-state index contributed by atoms with van der Waals surface area (Å²) in [5.74, 6) is 0.996. The molecule has 0 aromatic heterocycles. The van der Waals surface area contributed by atoms with Crippen molar-refractivity contribution in [3.05, 3.63) is 29.3 Å². The van der Waals surface area contributed by atoms with Gasteiger partial charge in [-0.15, -0.1) is 0 Å². The molecule has 0 saturated heterocycles.